The number of allylic oxidation sites excluding steroid dienone is 4. The van der Waals surface area contributed by atoms with Crippen LogP contribution in [0.3, 0.4) is 0 Å². The highest BCUT2D eigenvalue weighted by Gasteiger charge is 2.77. The molecule has 0 amide bonds. The van der Waals surface area contributed by atoms with Crippen molar-refractivity contribution in [3.05, 3.63) is 72.3 Å². The maximum atomic E-state index is 4.59. The van der Waals surface area contributed by atoms with Crippen molar-refractivity contribution >= 4 is 11.1 Å². The average Bonchev–Trinajstić information content (AvgIpc) is 3.08. The van der Waals surface area contributed by atoms with Gasteiger partial charge >= 0.3 is 0 Å². The van der Waals surface area contributed by atoms with Gasteiger partial charge in [0.1, 0.15) is 0 Å². The van der Waals surface area contributed by atoms with Gasteiger partial charge in [-0.3, -0.25) is 9.97 Å². The maximum absolute atomic E-state index is 4.59. The monoisotopic (exact) mass is 286 g/mol. The number of rotatable bonds is 2. The molecule has 3 aliphatic carbocycles. The van der Waals surface area contributed by atoms with E-state index in [0.717, 1.165) is 11.4 Å². The smallest absolute Gasteiger partial charge is 0.0661 e. The minimum absolute atomic E-state index is 0.127. The molecule has 2 unspecified atom stereocenters. The minimum atomic E-state index is 0.127. The minimum Gasteiger partial charge on any atom is -0.257 e. The molecule has 0 N–H and O–H groups in total. The molecular formula is C20H18N2. The summed E-state index contributed by atoms with van der Waals surface area (Å²) in [5.41, 5.74) is 5.58. The van der Waals surface area contributed by atoms with Crippen LogP contribution in [0.25, 0.3) is 11.1 Å². The van der Waals surface area contributed by atoms with E-state index in [0.29, 0.717) is 17.3 Å². The van der Waals surface area contributed by atoms with Gasteiger partial charge in [0.2, 0.25) is 0 Å². The van der Waals surface area contributed by atoms with E-state index < -0.39 is 0 Å². The molecule has 22 heavy (non-hydrogen) atoms. The molecule has 0 aromatic carbocycles. The van der Waals surface area contributed by atoms with Crippen LogP contribution >= 0.6 is 0 Å². The summed E-state index contributed by atoms with van der Waals surface area (Å²) in [7, 11) is 0. The number of hydrogen-bond donors (Lipinski definition) is 0. The van der Waals surface area contributed by atoms with Gasteiger partial charge in [-0.2, -0.15) is 0 Å². The topological polar surface area (TPSA) is 25.8 Å². The van der Waals surface area contributed by atoms with E-state index in [1.54, 1.807) is 0 Å². The van der Waals surface area contributed by atoms with Gasteiger partial charge in [0.05, 0.1) is 11.4 Å². The molecule has 2 heteroatoms. The van der Waals surface area contributed by atoms with Crippen LogP contribution < -0.4 is 0 Å². The standard InChI is InChI=1S/C20H18N2/c1-19-11-13(15-7-3-5-9-21-15)17-18(20(17,19)2)14(12-19)16-8-4-6-10-22-16/h3-12,17-18H,1-2H3/t17-,18+,19?,20?. The Morgan fingerprint density at radius 3 is 1.64 bits per heavy atom. The Labute approximate surface area is 130 Å². The number of fused-ring (bicyclic) bond motifs is 1. The number of hydrogen-bond acceptors (Lipinski definition) is 2. The van der Waals surface area contributed by atoms with Gasteiger partial charge in [-0.1, -0.05) is 38.1 Å². The zero-order valence-electron chi connectivity index (χ0n) is 12.8. The summed E-state index contributed by atoms with van der Waals surface area (Å²) < 4.78 is 0. The summed E-state index contributed by atoms with van der Waals surface area (Å²) in [6.45, 7) is 4.80. The third kappa shape index (κ3) is 1.27. The van der Waals surface area contributed by atoms with Crippen LogP contribution in [-0.2, 0) is 0 Å². The van der Waals surface area contributed by atoms with E-state index in [1.165, 1.54) is 11.1 Å². The highest BCUT2D eigenvalue weighted by atomic mass is 14.8. The maximum Gasteiger partial charge on any atom is 0.0661 e. The second kappa shape index (κ2) is 3.75. The predicted molar refractivity (Wildman–Crippen MR) is 87.6 cm³/mol. The fourth-order valence-corrected chi connectivity index (χ4v) is 4.90. The summed E-state index contributed by atoms with van der Waals surface area (Å²) in [5.74, 6) is 1.18. The van der Waals surface area contributed by atoms with Crippen molar-refractivity contribution in [2.75, 3.05) is 0 Å². The molecule has 2 aromatic rings. The van der Waals surface area contributed by atoms with Gasteiger partial charge in [-0.15, -0.1) is 0 Å². The first-order valence-corrected chi connectivity index (χ1v) is 7.93. The lowest BCUT2D eigenvalue weighted by Gasteiger charge is -2.24. The Balaban J connectivity index is 1.61. The van der Waals surface area contributed by atoms with E-state index in [2.05, 4.69) is 60.2 Å². The average molecular weight is 286 g/mol. The summed E-state index contributed by atoms with van der Waals surface area (Å²) in [4.78, 5) is 9.17. The van der Waals surface area contributed by atoms with Gasteiger partial charge < -0.3 is 0 Å². The zero-order valence-corrected chi connectivity index (χ0v) is 12.8. The highest BCUT2D eigenvalue weighted by Crippen LogP contribution is 2.83. The predicted octanol–water partition coefficient (Wildman–Crippen LogP) is 4.23. The van der Waals surface area contributed by atoms with E-state index in [4.69, 9.17) is 0 Å². The second-order valence-corrected chi connectivity index (χ2v) is 7.15. The molecule has 0 aliphatic heterocycles. The summed E-state index contributed by atoms with van der Waals surface area (Å²) in [6.07, 6.45) is 8.69. The molecule has 5 rings (SSSR count). The van der Waals surface area contributed by atoms with Gasteiger partial charge in [0.15, 0.2) is 0 Å². The van der Waals surface area contributed by atoms with Crippen molar-refractivity contribution in [1.29, 1.82) is 0 Å². The van der Waals surface area contributed by atoms with Crippen LogP contribution in [0, 0.1) is 22.7 Å². The van der Waals surface area contributed by atoms with Crippen LogP contribution in [0.4, 0.5) is 0 Å². The molecule has 2 heterocycles. The molecule has 2 aromatic heterocycles. The van der Waals surface area contributed by atoms with Gasteiger partial charge in [-0.05, 0) is 40.8 Å². The molecule has 1 fully saturated rings. The van der Waals surface area contributed by atoms with Gasteiger partial charge in [0.25, 0.3) is 0 Å². The summed E-state index contributed by atoms with van der Waals surface area (Å²) >= 11 is 0. The van der Waals surface area contributed by atoms with Crippen LogP contribution in [-0.4, -0.2) is 9.97 Å². The Morgan fingerprint density at radius 1 is 0.773 bits per heavy atom. The van der Waals surface area contributed by atoms with Crippen molar-refractivity contribution in [2.24, 2.45) is 22.7 Å². The fourth-order valence-electron chi connectivity index (χ4n) is 4.90. The Bertz CT molecular complexity index is 754. The number of aromatic nitrogens is 2. The van der Waals surface area contributed by atoms with Crippen LogP contribution in [0.5, 0.6) is 0 Å². The van der Waals surface area contributed by atoms with E-state index >= 15 is 0 Å². The Morgan fingerprint density at radius 2 is 1.27 bits per heavy atom. The molecule has 0 radical (unpaired) electrons. The first kappa shape index (κ1) is 12.3. The lowest BCUT2D eigenvalue weighted by molar-refractivity contribution is 0.333. The lowest BCUT2D eigenvalue weighted by atomic mass is 9.79. The molecule has 0 spiro atoms. The number of nitrogens with zero attached hydrogens (tertiary/aromatic N) is 2. The van der Waals surface area contributed by atoms with Crippen molar-refractivity contribution in [1.82, 2.24) is 9.97 Å². The van der Waals surface area contributed by atoms with Gasteiger partial charge in [-0.25, -0.2) is 0 Å². The molecule has 4 atom stereocenters. The largest absolute Gasteiger partial charge is 0.257 e. The van der Waals surface area contributed by atoms with Crippen LogP contribution in [0.15, 0.2) is 60.9 Å². The van der Waals surface area contributed by atoms with Crippen molar-refractivity contribution in [3.63, 3.8) is 0 Å². The van der Waals surface area contributed by atoms with Gasteiger partial charge in [0, 0.05) is 29.6 Å². The first-order chi connectivity index (χ1) is 10.7. The normalized spacial score (nSPS) is 37.5. The Kier molecular flexibility index (Phi) is 2.10. The molecule has 0 bridgehead atoms. The molecule has 0 saturated heterocycles. The lowest BCUT2D eigenvalue weighted by Crippen LogP contribution is -2.18. The summed E-state index contributed by atoms with van der Waals surface area (Å²) in [5, 5.41) is 0. The fraction of sp³-hybridized carbons (Fsp3) is 0.300. The molecule has 1 saturated carbocycles. The van der Waals surface area contributed by atoms with Crippen LogP contribution in [0.1, 0.15) is 25.2 Å². The van der Waals surface area contributed by atoms with E-state index in [1.807, 2.05) is 24.5 Å². The van der Waals surface area contributed by atoms with Crippen molar-refractivity contribution in [3.8, 4) is 0 Å². The zero-order chi connectivity index (χ0) is 14.9. The SMILES string of the molecule is CC12C=C(c3ccccn3)[C@@H]3[C@H](C(c4ccccn4)=C1)C32C. The second-order valence-electron chi connectivity index (χ2n) is 7.15. The number of pyridine rings is 2. The summed E-state index contributed by atoms with van der Waals surface area (Å²) in [6, 6.07) is 12.4. The third-order valence-electron chi connectivity index (χ3n) is 6.18. The molecule has 108 valence electrons. The van der Waals surface area contributed by atoms with Crippen molar-refractivity contribution in [2.45, 2.75) is 13.8 Å². The van der Waals surface area contributed by atoms with Crippen molar-refractivity contribution < 1.29 is 0 Å². The first-order valence-electron chi connectivity index (χ1n) is 7.93. The Hall–Kier alpha value is -2.22. The molecule has 2 nitrogen and oxygen atoms in total. The third-order valence-corrected chi connectivity index (χ3v) is 6.18. The van der Waals surface area contributed by atoms with Crippen LogP contribution in [0.2, 0.25) is 0 Å². The quantitative estimate of drug-likeness (QED) is 0.825. The van der Waals surface area contributed by atoms with E-state index in [-0.39, 0.29) is 5.41 Å². The molecule has 3 aliphatic rings. The molecular weight excluding hydrogens is 268 g/mol. The highest BCUT2D eigenvalue weighted by molar-refractivity contribution is 5.87. The van der Waals surface area contributed by atoms with E-state index in [9.17, 15) is 0 Å².